The molecule has 1 aromatic carbocycles. The summed E-state index contributed by atoms with van der Waals surface area (Å²) in [7, 11) is 0. The summed E-state index contributed by atoms with van der Waals surface area (Å²) in [5.74, 6) is 0.822. The summed E-state index contributed by atoms with van der Waals surface area (Å²) in [6.45, 7) is 10.2. The van der Waals surface area contributed by atoms with Gasteiger partial charge in [-0.1, -0.05) is 23.7 Å². The fraction of sp³-hybridized carbons (Fsp3) is 0.500. The van der Waals surface area contributed by atoms with Gasteiger partial charge in [-0.2, -0.15) is 0 Å². The van der Waals surface area contributed by atoms with Crippen molar-refractivity contribution in [1.82, 2.24) is 10.3 Å². The van der Waals surface area contributed by atoms with Crippen LogP contribution >= 0.6 is 11.6 Å². The zero-order chi connectivity index (χ0) is 19.6. The van der Waals surface area contributed by atoms with E-state index in [0.717, 1.165) is 35.4 Å². The molecule has 3 rings (SSSR count). The Kier molecular flexibility index (Phi) is 5.77. The Labute approximate surface area is 164 Å². The van der Waals surface area contributed by atoms with Crippen LogP contribution in [0, 0.1) is 0 Å². The Balaban J connectivity index is 1.97. The van der Waals surface area contributed by atoms with Crippen LogP contribution in [0.2, 0.25) is 5.02 Å². The number of hydrogen-bond acceptors (Lipinski definition) is 5. The average molecular weight is 392 g/mol. The van der Waals surface area contributed by atoms with Crippen molar-refractivity contribution >= 4 is 34.4 Å². The molecule has 1 saturated heterocycles. The van der Waals surface area contributed by atoms with Crippen molar-refractivity contribution in [3.05, 3.63) is 34.9 Å². The summed E-state index contributed by atoms with van der Waals surface area (Å²) < 4.78 is 10.9. The lowest BCUT2D eigenvalue weighted by molar-refractivity contribution is 0.0508. The number of rotatable bonds is 3. The summed E-state index contributed by atoms with van der Waals surface area (Å²) in [5.41, 5.74) is 1.14. The van der Waals surface area contributed by atoms with Crippen molar-refractivity contribution in [2.75, 3.05) is 31.2 Å². The van der Waals surface area contributed by atoms with Crippen LogP contribution in [0.25, 0.3) is 10.9 Å². The largest absolute Gasteiger partial charge is 0.444 e. The molecule has 2 heterocycles. The number of amides is 1. The van der Waals surface area contributed by atoms with E-state index >= 15 is 0 Å². The number of ether oxygens (including phenoxy) is 2. The normalized spacial score (nSPS) is 16.3. The van der Waals surface area contributed by atoms with E-state index in [-0.39, 0.29) is 6.04 Å². The summed E-state index contributed by atoms with van der Waals surface area (Å²) in [5, 5.41) is 4.47. The van der Waals surface area contributed by atoms with Crippen LogP contribution in [0.15, 0.2) is 24.3 Å². The van der Waals surface area contributed by atoms with Crippen molar-refractivity contribution in [2.45, 2.75) is 39.3 Å². The van der Waals surface area contributed by atoms with E-state index in [1.165, 1.54) is 0 Å². The van der Waals surface area contributed by atoms with Crippen molar-refractivity contribution in [3.8, 4) is 0 Å². The SMILES string of the molecule is CC(NC(=O)OC(C)(C)C)c1cc2cccc(Cl)c2nc1N1CCOCC1. The predicted octanol–water partition coefficient (Wildman–Crippen LogP) is 4.31. The highest BCUT2D eigenvalue weighted by atomic mass is 35.5. The average Bonchev–Trinajstić information content (AvgIpc) is 2.60. The summed E-state index contributed by atoms with van der Waals surface area (Å²) in [6, 6.07) is 7.48. The molecule has 1 fully saturated rings. The van der Waals surface area contributed by atoms with Gasteiger partial charge in [0.25, 0.3) is 0 Å². The fourth-order valence-corrected chi connectivity index (χ4v) is 3.30. The third kappa shape index (κ3) is 4.82. The number of pyridine rings is 1. The van der Waals surface area contributed by atoms with Gasteiger partial charge in [0.15, 0.2) is 0 Å². The molecule has 0 aliphatic carbocycles. The Morgan fingerprint density at radius 1 is 1.33 bits per heavy atom. The lowest BCUT2D eigenvalue weighted by atomic mass is 10.1. The van der Waals surface area contributed by atoms with Gasteiger partial charge in [0.05, 0.1) is 29.8 Å². The molecule has 1 unspecified atom stereocenters. The molecule has 2 aromatic rings. The Hall–Kier alpha value is -2.05. The number of carbonyl (C=O) groups is 1. The number of hydrogen-bond donors (Lipinski definition) is 1. The number of nitrogens with zero attached hydrogens (tertiary/aromatic N) is 2. The first kappa shape index (κ1) is 19.7. The zero-order valence-electron chi connectivity index (χ0n) is 16.2. The van der Waals surface area contributed by atoms with Crippen LogP contribution in [-0.2, 0) is 9.47 Å². The summed E-state index contributed by atoms with van der Waals surface area (Å²) in [4.78, 5) is 19.3. The van der Waals surface area contributed by atoms with Gasteiger partial charge in [0, 0.05) is 24.0 Å². The number of carbonyl (C=O) groups excluding carboxylic acids is 1. The van der Waals surface area contributed by atoms with Crippen LogP contribution in [-0.4, -0.2) is 43.0 Å². The van der Waals surface area contributed by atoms with E-state index in [2.05, 4.69) is 10.2 Å². The first-order chi connectivity index (χ1) is 12.7. The lowest BCUT2D eigenvalue weighted by Gasteiger charge is -2.31. The number of alkyl carbamates (subject to hydrolysis) is 1. The smallest absolute Gasteiger partial charge is 0.408 e. The second kappa shape index (κ2) is 7.90. The number of aromatic nitrogens is 1. The molecule has 1 N–H and O–H groups in total. The zero-order valence-corrected chi connectivity index (χ0v) is 17.0. The van der Waals surface area contributed by atoms with E-state index in [1.54, 1.807) is 0 Å². The minimum atomic E-state index is -0.550. The van der Waals surface area contributed by atoms with E-state index < -0.39 is 11.7 Å². The summed E-state index contributed by atoms with van der Waals surface area (Å²) in [6.07, 6.45) is -0.450. The molecule has 6 nitrogen and oxygen atoms in total. The maximum Gasteiger partial charge on any atom is 0.408 e. The third-order valence-electron chi connectivity index (χ3n) is 4.32. The first-order valence-corrected chi connectivity index (χ1v) is 9.54. The maximum absolute atomic E-state index is 12.2. The number of nitrogens with one attached hydrogen (secondary N) is 1. The second-order valence-corrected chi connectivity index (χ2v) is 8.09. The van der Waals surface area contributed by atoms with Crippen LogP contribution in [0.1, 0.15) is 39.3 Å². The Morgan fingerprint density at radius 2 is 2.04 bits per heavy atom. The van der Waals surface area contributed by atoms with Crippen molar-refractivity contribution in [3.63, 3.8) is 0 Å². The van der Waals surface area contributed by atoms with Crippen molar-refractivity contribution in [2.24, 2.45) is 0 Å². The molecule has 1 atom stereocenters. The lowest BCUT2D eigenvalue weighted by Crippen LogP contribution is -2.39. The van der Waals surface area contributed by atoms with Crippen LogP contribution in [0.5, 0.6) is 0 Å². The molecule has 1 aliphatic rings. The van der Waals surface area contributed by atoms with Gasteiger partial charge in [-0.3, -0.25) is 0 Å². The molecule has 0 spiro atoms. The van der Waals surface area contributed by atoms with E-state index in [0.29, 0.717) is 18.2 Å². The standard InChI is InChI=1S/C20H26ClN3O3/c1-13(22-19(25)27-20(2,3)4)15-12-14-6-5-7-16(21)17(14)23-18(15)24-8-10-26-11-9-24/h5-7,12-13H,8-11H2,1-4H3,(H,22,25). The van der Waals surface area contributed by atoms with E-state index in [9.17, 15) is 4.79 Å². The quantitative estimate of drug-likeness (QED) is 0.844. The highest BCUT2D eigenvalue weighted by Crippen LogP contribution is 2.32. The number of fused-ring (bicyclic) bond motifs is 1. The molecule has 1 amide bonds. The topological polar surface area (TPSA) is 63.7 Å². The maximum atomic E-state index is 12.2. The first-order valence-electron chi connectivity index (χ1n) is 9.16. The third-order valence-corrected chi connectivity index (χ3v) is 4.62. The Morgan fingerprint density at radius 3 is 2.70 bits per heavy atom. The molecule has 0 saturated carbocycles. The van der Waals surface area contributed by atoms with E-state index in [4.69, 9.17) is 26.1 Å². The second-order valence-electron chi connectivity index (χ2n) is 7.68. The fourth-order valence-electron chi connectivity index (χ4n) is 3.08. The molecule has 27 heavy (non-hydrogen) atoms. The molecule has 0 bridgehead atoms. The molecule has 7 heteroatoms. The number of morpholine rings is 1. The molecule has 1 aliphatic heterocycles. The van der Waals surface area contributed by atoms with Gasteiger partial charge in [-0.15, -0.1) is 0 Å². The Bertz CT molecular complexity index is 829. The van der Waals surface area contributed by atoms with Gasteiger partial charge in [-0.05, 0) is 39.8 Å². The molecule has 0 radical (unpaired) electrons. The number of benzene rings is 1. The highest BCUT2D eigenvalue weighted by molar-refractivity contribution is 6.35. The monoisotopic (exact) mass is 391 g/mol. The minimum absolute atomic E-state index is 0.270. The molecule has 146 valence electrons. The highest BCUT2D eigenvalue weighted by Gasteiger charge is 2.24. The minimum Gasteiger partial charge on any atom is -0.444 e. The number of halogens is 1. The predicted molar refractivity (Wildman–Crippen MR) is 108 cm³/mol. The van der Waals surface area contributed by atoms with Gasteiger partial charge < -0.3 is 19.7 Å². The van der Waals surface area contributed by atoms with Crippen LogP contribution in [0.3, 0.4) is 0 Å². The van der Waals surface area contributed by atoms with E-state index in [1.807, 2.05) is 52.0 Å². The molecular formula is C20H26ClN3O3. The van der Waals surface area contributed by atoms with Gasteiger partial charge in [0.2, 0.25) is 0 Å². The van der Waals surface area contributed by atoms with Crippen molar-refractivity contribution < 1.29 is 14.3 Å². The van der Waals surface area contributed by atoms with Gasteiger partial charge >= 0.3 is 6.09 Å². The molecular weight excluding hydrogens is 366 g/mol. The van der Waals surface area contributed by atoms with Gasteiger partial charge in [0.1, 0.15) is 11.4 Å². The van der Waals surface area contributed by atoms with Crippen molar-refractivity contribution in [1.29, 1.82) is 0 Å². The van der Waals surface area contributed by atoms with Crippen LogP contribution < -0.4 is 10.2 Å². The number of anilines is 1. The number of para-hydroxylation sites is 1. The van der Waals surface area contributed by atoms with Crippen LogP contribution in [0.4, 0.5) is 10.6 Å². The summed E-state index contributed by atoms with van der Waals surface area (Å²) >= 11 is 6.36. The molecule has 1 aromatic heterocycles. The van der Waals surface area contributed by atoms with Gasteiger partial charge in [-0.25, -0.2) is 9.78 Å².